The molecule has 0 aliphatic carbocycles. The van der Waals surface area contributed by atoms with Crippen LogP contribution in [0.2, 0.25) is 0 Å². The first kappa shape index (κ1) is 29.6. The number of anilines is 3. The predicted octanol–water partition coefficient (Wildman–Crippen LogP) is 13.5. The van der Waals surface area contributed by atoms with E-state index in [4.69, 9.17) is 0 Å². The Hall–Kier alpha value is -4.74. The third-order valence-corrected chi connectivity index (χ3v) is 12.1. The summed E-state index contributed by atoms with van der Waals surface area (Å²) in [4.78, 5) is 6.38. The smallest absolute Gasteiger partial charge is 0.0462 e. The molecule has 0 unspecified atom stereocenters. The Bertz CT molecular complexity index is 2240. The van der Waals surface area contributed by atoms with Crippen LogP contribution in [0.1, 0.15) is 5.56 Å². The molecule has 1 aromatic heterocycles. The van der Waals surface area contributed by atoms with Gasteiger partial charge in [-0.25, -0.2) is 0 Å². The summed E-state index contributed by atoms with van der Waals surface area (Å²) in [6.45, 7) is 4.42. The van der Waals surface area contributed by atoms with Crippen molar-refractivity contribution in [3.8, 4) is 11.1 Å². The van der Waals surface area contributed by atoms with Gasteiger partial charge in [-0.05, 0) is 95.1 Å². The van der Waals surface area contributed by atoms with Crippen molar-refractivity contribution in [2.45, 2.75) is 9.79 Å². The van der Waals surface area contributed by atoms with Crippen molar-refractivity contribution < 1.29 is 0 Å². The van der Waals surface area contributed by atoms with Crippen LogP contribution < -0.4 is 4.90 Å². The highest BCUT2D eigenvalue weighted by atomic mass is 32.2. The lowest BCUT2D eigenvalue weighted by molar-refractivity contribution is 1.24. The maximum absolute atomic E-state index is 4.42. The van der Waals surface area contributed by atoms with E-state index >= 15 is 0 Å². The van der Waals surface area contributed by atoms with Crippen LogP contribution in [0.3, 0.4) is 0 Å². The van der Waals surface area contributed by atoms with Crippen molar-refractivity contribution in [2.75, 3.05) is 10.7 Å². The average molecular weight is 658 g/mol. The minimum Gasteiger partial charge on any atom is -0.311 e. The second-order valence-corrected chi connectivity index (χ2v) is 14.7. The van der Waals surface area contributed by atoms with Gasteiger partial charge in [0, 0.05) is 57.7 Å². The number of thioether (sulfide) groups is 2. The second kappa shape index (κ2) is 13.2. The summed E-state index contributed by atoms with van der Waals surface area (Å²) >= 11 is 5.62. The standard InChI is InChI=1S/C43H31NS3/c1-30(11-10-16-37-29-45-42-17-8-9-18-43(42)46-37)32-21-25-40-38(27-32)39-28-33(22-26-41(39)47-40)31-19-23-36(24-20-31)44(34-12-4-2-5-13-34)35-14-6-3-7-15-35/h2-28H,1,29H2/b11-10-,37-16+. The third-order valence-electron chi connectivity index (χ3n) is 8.37. The molecule has 2 heterocycles. The minimum atomic E-state index is 1.01. The lowest BCUT2D eigenvalue weighted by Crippen LogP contribution is -2.09. The molecule has 0 bridgehead atoms. The maximum Gasteiger partial charge on any atom is 0.0462 e. The Morgan fingerprint density at radius 2 is 1.19 bits per heavy atom. The van der Waals surface area contributed by atoms with Gasteiger partial charge in [0.05, 0.1) is 0 Å². The van der Waals surface area contributed by atoms with Crippen LogP contribution in [0, 0.1) is 0 Å². The SMILES string of the molecule is C=C(/C=C\C=C1/CSc2ccccc2S1)c1ccc2sc3ccc(-c4ccc(N(c5ccccc5)c5ccccc5)cc4)cc3c2c1. The fourth-order valence-electron chi connectivity index (χ4n) is 5.98. The summed E-state index contributed by atoms with van der Waals surface area (Å²) in [7, 11) is 0. The molecule has 6 aromatic carbocycles. The quantitative estimate of drug-likeness (QED) is 0.157. The van der Waals surface area contributed by atoms with Crippen molar-refractivity contribution in [3.63, 3.8) is 0 Å². The second-order valence-electron chi connectivity index (χ2n) is 11.4. The van der Waals surface area contributed by atoms with E-state index in [2.05, 4.69) is 175 Å². The molecular formula is C43H31NS3. The molecule has 226 valence electrons. The zero-order chi connectivity index (χ0) is 31.6. The number of hydrogen-bond acceptors (Lipinski definition) is 4. The highest BCUT2D eigenvalue weighted by Crippen LogP contribution is 2.43. The first-order chi connectivity index (χ1) is 23.2. The number of nitrogens with zero attached hydrogens (tertiary/aromatic N) is 1. The van der Waals surface area contributed by atoms with Crippen LogP contribution in [0.15, 0.2) is 185 Å². The first-order valence-corrected chi connectivity index (χ1v) is 18.2. The van der Waals surface area contributed by atoms with E-state index in [1.807, 2.05) is 34.9 Å². The fraction of sp³-hybridized carbons (Fsp3) is 0.0233. The summed E-state index contributed by atoms with van der Waals surface area (Å²) in [6.07, 6.45) is 6.51. The van der Waals surface area contributed by atoms with Gasteiger partial charge >= 0.3 is 0 Å². The van der Waals surface area contributed by atoms with E-state index in [0.717, 1.165) is 34.0 Å². The Morgan fingerprint density at radius 1 is 0.596 bits per heavy atom. The van der Waals surface area contributed by atoms with Crippen molar-refractivity contribution in [1.82, 2.24) is 0 Å². The molecule has 0 atom stereocenters. The molecule has 0 spiro atoms. The summed E-state index contributed by atoms with van der Waals surface area (Å²) in [5.41, 5.74) is 8.00. The number of para-hydroxylation sites is 2. The molecule has 47 heavy (non-hydrogen) atoms. The van der Waals surface area contributed by atoms with Gasteiger partial charge in [0.1, 0.15) is 0 Å². The molecule has 0 saturated carbocycles. The maximum atomic E-state index is 4.42. The van der Waals surface area contributed by atoms with E-state index in [-0.39, 0.29) is 0 Å². The molecule has 0 N–H and O–H groups in total. The Labute approximate surface area is 288 Å². The lowest BCUT2D eigenvalue weighted by Gasteiger charge is -2.25. The molecule has 0 radical (unpaired) electrons. The van der Waals surface area contributed by atoms with E-state index < -0.39 is 0 Å². The largest absolute Gasteiger partial charge is 0.311 e. The normalized spacial score (nSPS) is 13.7. The van der Waals surface area contributed by atoms with E-state index in [9.17, 15) is 0 Å². The zero-order valence-corrected chi connectivity index (χ0v) is 28.1. The molecule has 0 saturated heterocycles. The first-order valence-electron chi connectivity index (χ1n) is 15.6. The van der Waals surface area contributed by atoms with E-state index in [1.165, 1.54) is 46.0 Å². The van der Waals surface area contributed by atoms with Crippen molar-refractivity contribution in [3.05, 3.63) is 181 Å². The van der Waals surface area contributed by atoms with Crippen molar-refractivity contribution in [1.29, 1.82) is 0 Å². The topological polar surface area (TPSA) is 3.24 Å². The Kier molecular flexibility index (Phi) is 8.31. The van der Waals surface area contributed by atoms with Gasteiger partial charge in [-0.15, -0.1) is 23.1 Å². The summed E-state index contributed by atoms with van der Waals surface area (Å²) < 4.78 is 2.60. The summed E-state index contributed by atoms with van der Waals surface area (Å²) in [5, 5.41) is 2.57. The van der Waals surface area contributed by atoms with Crippen molar-refractivity contribution >= 4 is 77.7 Å². The summed E-state index contributed by atoms with van der Waals surface area (Å²) in [6, 6.07) is 52.2. The third kappa shape index (κ3) is 6.20. The molecule has 1 nitrogen and oxygen atoms in total. The number of rotatable bonds is 7. The Morgan fingerprint density at radius 3 is 1.91 bits per heavy atom. The summed E-state index contributed by atoms with van der Waals surface area (Å²) in [5.74, 6) is 1.01. The van der Waals surface area contributed by atoms with Crippen LogP contribution in [-0.4, -0.2) is 5.75 Å². The van der Waals surface area contributed by atoms with E-state index in [0.29, 0.717) is 0 Å². The minimum absolute atomic E-state index is 1.01. The highest BCUT2D eigenvalue weighted by molar-refractivity contribution is 8.08. The van der Waals surface area contributed by atoms with Crippen molar-refractivity contribution in [2.24, 2.45) is 0 Å². The van der Waals surface area contributed by atoms with Gasteiger partial charge in [0.15, 0.2) is 0 Å². The van der Waals surface area contributed by atoms with Gasteiger partial charge in [-0.2, -0.15) is 0 Å². The highest BCUT2D eigenvalue weighted by Gasteiger charge is 2.14. The van der Waals surface area contributed by atoms with Crippen LogP contribution in [-0.2, 0) is 0 Å². The molecule has 7 aromatic rings. The lowest BCUT2D eigenvalue weighted by atomic mass is 10.00. The van der Waals surface area contributed by atoms with Crippen LogP contribution >= 0.6 is 34.9 Å². The van der Waals surface area contributed by atoms with Gasteiger partial charge in [0.2, 0.25) is 0 Å². The molecular weight excluding hydrogens is 627 g/mol. The average Bonchev–Trinajstić information content (AvgIpc) is 3.50. The van der Waals surface area contributed by atoms with Crippen LogP contribution in [0.25, 0.3) is 36.9 Å². The van der Waals surface area contributed by atoms with Gasteiger partial charge in [-0.3, -0.25) is 0 Å². The van der Waals surface area contributed by atoms with Crippen LogP contribution in [0.5, 0.6) is 0 Å². The molecule has 0 fully saturated rings. The number of allylic oxidation sites excluding steroid dienone is 4. The fourth-order valence-corrected chi connectivity index (χ4v) is 9.29. The number of hydrogen-bond donors (Lipinski definition) is 0. The molecule has 8 rings (SSSR count). The van der Waals surface area contributed by atoms with Crippen LogP contribution in [0.4, 0.5) is 17.1 Å². The number of thiophene rings is 1. The monoisotopic (exact) mass is 657 g/mol. The number of fused-ring (bicyclic) bond motifs is 4. The number of benzene rings is 6. The predicted molar refractivity (Wildman–Crippen MR) is 209 cm³/mol. The van der Waals surface area contributed by atoms with Gasteiger partial charge in [0.25, 0.3) is 0 Å². The molecule has 4 heteroatoms. The van der Waals surface area contributed by atoms with E-state index in [1.54, 1.807) is 0 Å². The molecule has 1 aliphatic heterocycles. The van der Waals surface area contributed by atoms with Gasteiger partial charge < -0.3 is 4.90 Å². The zero-order valence-electron chi connectivity index (χ0n) is 25.7. The molecule has 0 amide bonds. The molecule has 1 aliphatic rings. The Balaban J connectivity index is 1.06. The van der Waals surface area contributed by atoms with Gasteiger partial charge in [-0.1, -0.05) is 109 Å².